The van der Waals surface area contributed by atoms with Crippen LogP contribution in [0.3, 0.4) is 0 Å². The van der Waals surface area contributed by atoms with Crippen LogP contribution in [0.4, 0.5) is 4.79 Å². The highest BCUT2D eigenvalue weighted by atomic mass is 35.5. The Bertz CT molecular complexity index is 933. The molecule has 0 atom stereocenters. The van der Waals surface area contributed by atoms with E-state index in [0.717, 1.165) is 11.1 Å². The molecule has 2 heterocycles. The van der Waals surface area contributed by atoms with Crippen molar-refractivity contribution in [1.29, 1.82) is 0 Å². The fraction of sp³-hybridized carbons (Fsp3) is 0.364. The molecule has 0 N–H and O–H groups in total. The number of carbonyl (C=O) groups is 2. The summed E-state index contributed by atoms with van der Waals surface area (Å²) >= 11 is 6.31. The Hall–Kier alpha value is -2.53. The zero-order valence-electron chi connectivity index (χ0n) is 16.0. The minimum absolute atomic E-state index is 0.0564. The Balaban J connectivity index is 1.47. The van der Waals surface area contributed by atoms with Gasteiger partial charge in [-0.05, 0) is 43.2 Å². The van der Waals surface area contributed by atoms with E-state index >= 15 is 0 Å². The van der Waals surface area contributed by atoms with E-state index in [1.165, 1.54) is 0 Å². The van der Waals surface area contributed by atoms with Gasteiger partial charge in [-0.15, -0.1) is 0 Å². The van der Waals surface area contributed by atoms with Crippen molar-refractivity contribution < 1.29 is 19.1 Å². The molecule has 0 bridgehead atoms. The number of halogens is 1. The molecule has 5 nitrogen and oxygen atoms in total. The Morgan fingerprint density at radius 2 is 1.86 bits per heavy atom. The molecular weight excluding hydrogens is 378 g/mol. The van der Waals surface area contributed by atoms with Crippen LogP contribution in [-0.4, -0.2) is 35.5 Å². The van der Waals surface area contributed by atoms with Crippen LogP contribution < -0.4 is 9.47 Å². The van der Waals surface area contributed by atoms with Crippen LogP contribution in [0.5, 0.6) is 11.5 Å². The second-order valence-corrected chi connectivity index (χ2v) is 7.94. The van der Waals surface area contributed by atoms with E-state index in [2.05, 4.69) is 0 Å². The van der Waals surface area contributed by atoms with Gasteiger partial charge in [0, 0.05) is 31.0 Å². The molecule has 4 rings (SSSR count). The second kappa shape index (κ2) is 7.13. The molecule has 0 aromatic heterocycles. The number of ketones is 1. The number of carbonyl (C=O) groups excluding carboxylic acids is 2. The zero-order valence-corrected chi connectivity index (χ0v) is 16.7. The van der Waals surface area contributed by atoms with E-state index in [0.29, 0.717) is 54.4 Å². The highest BCUT2D eigenvalue weighted by Gasteiger charge is 2.44. The highest BCUT2D eigenvalue weighted by Crippen LogP contribution is 2.43. The number of para-hydroxylation sites is 1. The van der Waals surface area contributed by atoms with Gasteiger partial charge in [0.2, 0.25) is 0 Å². The van der Waals surface area contributed by atoms with E-state index in [-0.39, 0.29) is 11.9 Å². The Labute approximate surface area is 169 Å². The van der Waals surface area contributed by atoms with E-state index in [4.69, 9.17) is 21.1 Å². The molecular formula is C22H22ClNO4. The Morgan fingerprint density at radius 3 is 2.54 bits per heavy atom. The summed E-state index contributed by atoms with van der Waals surface area (Å²) in [5.74, 6) is 1.19. The van der Waals surface area contributed by atoms with Gasteiger partial charge < -0.3 is 14.4 Å². The quantitative estimate of drug-likeness (QED) is 0.680. The predicted molar refractivity (Wildman–Crippen MR) is 107 cm³/mol. The fourth-order valence-electron chi connectivity index (χ4n) is 4.03. The van der Waals surface area contributed by atoms with Crippen molar-refractivity contribution in [3.63, 3.8) is 0 Å². The molecule has 0 radical (unpaired) electrons. The molecule has 0 saturated carbocycles. The molecule has 6 heteroatoms. The lowest BCUT2D eigenvalue weighted by atomic mass is 9.81. The SMILES string of the molecule is Cc1cc2c(c(C)c1Cl)C(=O)CC1(CCN(C(=O)Oc3ccccc3)CC1)O2. The number of fused-ring (bicyclic) bond motifs is 1. The molecule has 1 amide bonds. The molecule has 0 aliphatic carbocycles. The molecule has 2 aliphatic heterocycles. The number of hydrogen-bond donors (Lipinski definition) is 0. The van der Waals surface area contributed by atoms with Crippen molar-refractivity contribution in [2.75, 3.05) is 13.1 Å². The monoisotopic (exact) mass is 399 g/mol. The van der Waals surface area contributed by atoms with Gasteiger partial charge in [-0.3, -0.25) is 4.79 Å². The fourth-order valence-corrected chi connectivity index (χ4v) is 4.18. The first-order chi connectivity index (χ1) is 13.4. The number of ether oxygens (including phenoxy) is 2. The largest absolute Gasteiger partial charge is 0.486 e. The summed E-state index contributed by atoms with van der Waals surface area (Å²) < 4.78 is 11.8. The maximum atomic E-state index is 12.9. The Kier molecular flexibility index (Phi) is 4.79. The second-order valence-electron chi connectivity index (χ2n) is 7.56. The molecule has 2 aliphatic rings. The maximum absolute atomic E-state index is 12.9. The third-order valence-electron chi connectivity index (χ3n) is 5.61. The van der Waals surface area contributed by atoms with Crippen molar-refractivity contribution in [3.05, 3.63) is 58.1 Å². The summed E-state index contributed by atoms with van der Waals surface area (Å²) in [7, 11) is 0. The van der Waals surface area contributed by atoms with Crippen molar-refractivity contribution in [3.8, 4) is 11.5 Å². The maximum Gasteiger partial charge on any atom is 0.415 e. The number of aryl methyl sites for hydroxylation is 1. The van der Waals surface area contributed by atoms with Crippen LogP contribution in [0.15, 0.2) is 36.4 Å². The Morgan fingerprint density at radius 1 is 1.18 bits per heavy atom. The van der Waals surface area contributed by atoms with E-state index in [1.54, 1.807) is 17.0 Å². The van der Waals surface area contributed by atoms with Gasteiger partial charge in [-0.25, -0.2) is 4.79 Å². The van der Waals surface area contributed by atoms with Crippen LogP contribution in [-0.2, 0) is 0 Å². The van der Waals surface area contributed by atoms with Gasteiger partial charge >= 0.3 is 6.09 Å². The van der Waals surface area contributed by atoms with Crippen LogP contribution in [0.25, 0.3) is 0 Å². The minimum atomic E-state index is -0.569. The normalized spacial score (nSPS) is 17.8. The molecule has 146 valence electrons. The number of likely N-dealkylation sites (tertiary alicyclic amines) is 1. The first-order valence-electron chi connectivity index (χ1n) is 9.42. The predicted octanol–water partition coefficient (Wildman–Crippen LogP) is 4.96. The first-order valence-corrected chi connectivity index (χ1v) is 9.80. The van der Waals surface area contributed by atoms with Crippen LogP contribution >= 0.6 is 11.6 Å². The van der Waals surface area contributed by atoms with E-state index in [9.17, 15) is 9.59 Å². The molecule has 1 saturated heterocycles. The minimum Gasteiger partial charge on any atom is -0.486 e. The topological polar surface area (TPSA) is 55.8 Å². The van der Waals surface area contributed by atoms with Gasteiger partial charge in [0.25, 0.3) is 0 Å². The number of Topliss-reactive ketones (excluding diaryl/α,β-unsaturated/α-hetero) is 1. The van der Waals surface area contributed by atoms with Crippen LogP contribution in [0.1, 0.15) is 40.7 Å². The number of hydrogen-bond acceptors (Lipinski definition) is 4. The summed E-state index contributed by atoms with van der Waals surface area (Å²) in [6, 6.07) is 10.9. The van der Waals surface area contributed by atoms with E-state index < -0.39 is 5.60 Å². The van der Waals surface area contributed by atoms with Crippen molar-refractivity contribution in [1.82, 2.24) is 4.90 Å². The zero-order chi connectivity index (χ0) is 19.9. The van der Waals surface area contributed by atoms with Crippen LogP contribution in [0, 0.1) is 13.8 Å². The number of rotatable bonds is 1. The third-order valence-corrected chi connectivity index (χ3v) is 6.20. The van der Waals surface area contributed by atoms with Gasteiger partial charge in [-0.1, -0.05) is 29.8 Å². The number of piperidine rings is 1. The van der Waals surface area contributed by atoms with E-state index in [1.807, 2.05) is 38.1 Å². The van der Waals surface area contributed by atoms with Gasteiger partial charge in [0.05, 0.1) is 12.0 Å². The third kappa shape index (κ3) is 3.35. The van der Waals surface area contributed by atoms with Gasteiger partial charge in [-0.2, -0.15) is 0 Å². The molecule has 2 aromatic carbocycles. The van der Waals surface area contributed by atoms with Crippen molar-refractivity contribution in [2.24, 2.45) is 0 Å². The molecule has 1 fully saturated rings. The molecule has 28 heavy (non-hydrogen) atoms. The number of benzene rings is 2. The van der Waals surface area contributed by atoms with Gasteiger partial charge in [0.15, 0.2) is 5.78 Å². The highest BCUT2D eigenvalue weighted by molar-refractivity contribution is 6.32. The van der Waals surface area contributed by atoms with Crippen molar-refractivity contribution >= 4 is 23.5 Å². The number of amides is 1. The summed E-state index contributed by atoms with van der Waals surface area (Å²) in [5.41, 5.74) is 1.69. The number of nitrogens with zero attached hydrogens (tertiary/aromatic N) is 1. The molecule has 1 spiro atoms. The van der Waals surface area contributed by atoms with Crippen molar-refractivity contribution in [2.45, 2.75) is 38.7 Å². The summed E-state index contributed by atoms with van der Waals surface area (Å²) in [5, 5.41) is 0.616. The average Bonchev–Trinajstić information content (AvgIpc) is 2.67. The smallest absolute Gasteiger partial charge is 0.415 e. The average molecular weight is 400 g/mol. The lowest BCUT2D eigenvalue weighted by molar-refractivity contribution is -0.00450. The molecule has 2 aromatic rings. The lowest BCUT2D eigenvalue weighted by Gasteiger charge is -2.44. The summed E-state index contributed by atoms with van der Waals surface area (Å²) in [6.45, 7) is 4.74. The van der Waals surface area contributed by atoms with Crippen LogP contribution in [0.2, 0.25) is 5.02 Å². The molecule has 0 unspecified atom stereocenters. The first kappa shape index (κ1) is 18.8. The summed E-state index contributed by atoms with van der Waals surface area (Å²) in [4.78, 5) is 26.9. The standard InChI is InChI=1S/C22H22ClNO4/c1-14-12-18-19(15(2)20(14)23)17(25)13-22(28-18)8-10-24(11-9-22)21(26)27-16-6-4-3-5-7-16/h3-7,12H,8-11,13H2,1-2H3. The summed E-state index contributed by atoms with van der Waals surface area (Å²) in [6.07, 6.45) is 1.11. The van der Waals surface area contributed by atoms with Gasteiger partial charge in [0.1, 0.15) is 17.1 Å². The lowest BCUT2D eigenvalue weighted by Crippen LogP contribution is -2.52.